The minimum atomic E-state index is -0.976. The van der Waals surface area contributed by atoms with E-state index in [4.69, 9.17) is 10.5 Å². The van der Waals surface area contributed by atoms with Crippen LogP contribution in [0.5, 0.6) is 0 Å². The molecule has 0 bridgehead atoms. The Bertz CT molecular complexity index is 434. The predicted octanol–water partition coefficient (Wildman–Crippen LogP) is 1.37. The number of aromatic nitrogens is 2. The summed E-state index contributed by atoms with van der Waals surface area (Å²) < 4.78 is 5.57. The predicted molar refractivity (Wildman–Crippen MR) is 78.8 cm³/mol. The number of carbonyl (C=O) groups is 1. The molecule has 2 unspecified atom stereocenters. The van der Waals surface area contributed by atoms with E-state index in [1.165, 1.54) is 18.4 Å². The fraction of sp³-hybridized carbons (Fsp3) is 0.727. The van der Waals surface area contributed by atoms with Crippen molar-refractivity contribution >= 4 is 34.2 Å². The molecule has 1 aromatic heterocycles. The summed E-state index contributed by atoms with van der Waals surface area (Å²) in [6, 6.07) is 0. The molecule has 0 aliphatic heterocycles. The zero-order valence-corrected chi connectivity index (χ0v) is 13.5. The van der Waals surface area contributed by atoms with Crippen LogP contribution in [0.3, 0.4) is 0 Å². The van der Waals surface area contributed by atoms with Gasteiger partial charge in [0.15, 0.2) is 4.34 Å². The summed E-state index contributed by atoms with van der Waals surface area (Å²) in [5.74, 6) is -0.397. The molecule has 0 amide bonds. The van der Waals surface area contributed by atoms with Crippen molar-refractivity contribution in [1.82, 2.24) is 10.2 Å². The molecule has 8 heteroatoms. The molecule has 0 fully saturated rings. The van der Waals surface area contributed by atoms with Gasteiger partial charge in [-0.3, -0.25) is 4.79 Å². The maximum atomic E-state index is 11.5. The number of carbonyl (C=O) groups excluding carboxylic acids is 1. The third kappa shape index (κ3) is 4.63. The molecule has 1 aromatic rings. The molecule has 2 N–H and O–H groups in total. The lowest BCUT2D eigenvalue weighted by molar-refractivity contribution is -0.146. The molecule has 0 spiro atoms. The van der Waals surface area contributed by atoms with E-state index in [1.807, 2.05) is 25.9 Å². The first-order chi connectivity index (χ1) is 8.76. The van der Waals surface area contributed by atoms with E-state index in [-0.39, 0.29) is 5.25 Å². The molecule has 1 heterocycles. The molecule has 0 aliphatic carbocycles. The molecule has 2 atom stereocenters. The number of esters is 1. The van der Waals surface area contributed by atoms with E-state index in [2.05, 4.69) is 10.2 Å². The number of ether oxygens (including phenoxy) is 1. The van der Waals surface area contributed by atoms with Crippen molar-refractivity contribution in [1.29, 1.82) is 0 Å². The van der Waals surface area contributed by atoms with Crippen LogP contribution in [0.15, 0.2) is 4.34 Å². The number of methoxy groups -OCH3 is 1. The zero-order chi connectivity index (χ0) is 14.6. The summed E-state index contributed by atoms with van der Waals surface area (Å²) in [5, 5.41) is 9.18. The van der Waals surface area contributed by atoms with Crippen molar-refractivity contribution in [3.63, 3.8) is 0 Å². The van der Waals surface area contributed by atoms with Crippen molar-refractivity contribution in [2.75, 3.05) is 26.1 Å². The van der Waals surface area contributed by atoms with E-state index in [0.717, 1.165) is 9.47 Å². The fourth-order valence-corrected chi connectivity index (χ4v) is 3.83. The molecule has 19 heavy (non-hydrogen) atoms. The van der Waals surface area contributed by atoms with Crippen LogP contribution in [0.4, 0.5) is 5.13 Å². The highest BCUT2D eigenvalue weighted by Gasteiger charge is 2.32. The van der Waals surface area contributed by atoms with Gasteiger partial charge in [-0.05, 0) is 13.3 Å². The van der Waals surface area contributed by atoms with E-state index in [1.54, 1.807) is 18.7 Å². The Hall–Kier alpha value is -0.860. The number of anilines is 1. The third-order valence-corrected chi connectivity index (χ3v) is 4.72. The Morgan fingerprint density at radius 2 is 2.21 bits per heavy atom. The minimum absolute atomic E-state index is 0.150. The average molecular weight is 304 g/mol. The van der Waals surface area contributed by atoms with Crippen molar-refractivity contribution in [2.24, 2.45) is 5.73 Å². The van der Waals surface area contributed by atoms with Gasteiger partial charge >= 0.3 is 5.97 Å². The Kier molecular flexibility index (Phi) is 5.57. The Morgan fingerprint density at radius 3 is 2.68 bits per heavy atom. The van der Waals surface area contributed by atoms with E-state index in [9.17, 15) is 4.79 Å². The van der Waals surface area contributed by atoms with Gasteiger partial charge < -0.3 is 15.4 Å². The summed E-state index contributed by atoms with van der Waals surface area (Å²) in [6.07, 6.45) is 0.515. The topological polar surface area (TPSA) is 81.3 Å². The molecule has 0 saturated heterocycles. The molecule has 0 radical (unpaired) electrons. The maximum Gasteiger partial charge on any atom is 0.325 e. The summed E-state index contributed by atoms with van der Waals surface area (Å²) in [4.78, 5) is 13.4. The highest BCUT2D eigenvalue weighted by atomic mass is 32.2. The van der Waals surface area contributed by atoms with E-state index in [0.29, 0.717) is 6.42 Å². The summed E-state index contributed by atoms with van der Waals surface area (Å²) in [5.41, 5.74) is 4.97. The van der Waals surface area contributed by atoms with Crippen LogP contribution in [0.1, 0.15) is 20.3 Å². The molecular weight excluding hydrogens is 284 g/mol. The van der Waals surface area contributed by atoms with Crippen LogP contribution in [-0.2, 0) is 9.53 Å². The van der Waals surface area contributed by atoms with Crippen LogP contribution in [0.25, 0.3) is 0 Å². The summed E-state index contributed by atoms with van der Waals surface area (Å²) in [6.45, 7) is 3.69. The molecule has 108 valence electrons. The molecular formula is C11H20N4O2S2. The van der Waals surface area contributed by atoms with Crippen molar-refractivity contribution < 1.29 is 9.53 Å². The molecule has 0 aromatic carbocycles. The second kappa shape index (κ2) is 6.53. The Balaban J connectivity index is 2.59. The van der Waals surface area contributed by atoms with Crippen LogP contribution < -0.4 is 10.6 Å². The van der Waals surface area contributed by atoms with Gasteiger partial charge in [0, 0.05) is 19.3 Å². The number of rotatable bonds is 6. The highest BCUT2D eigenvalue weighted by molar-refractivity contribution is 8.01. The van der Waals surface area contributed by atoms with Crippen molar-refractivity contribution in [2.45, 2.75) is 35.4 Å². The number of hydrogen-bond donors (Lipinski definition) is 1. The second-order valence-corrected chi connectivity index (χ2v) is 7.43. The lowest BCUT2D eigenvalue weighted by Crippen LogP contribution is -2.47. The summed E-state index contributed by atoms with van der Waals surface area (Å²) in [7, 11) is 5.19. The lowest BCUT2D eigenvalue weighted by atomic mass is 9.98. The third-order valence-electron chi connectivity index (χ3n) is 2.44. The number of nitrogens with two attached hydrogens (primary N) is 1. The van der Waals surface area contributed by atoms with Gasteiger partial charge in [0.25, 0.3) is 0 Å². The zero-order valence-electron chi connectivity index (χ0n) is 11.8. The van der Waals surface area contributed by atoms with E-state index < -0.39 is 11.5 Å². The quantitative estimate of drug-likeness (QED) is 0.628. The second-order valence-electron chi connectivity index (χ2n) is 4.79. The molecule has 6 nitrogen and oxygen atoms in total. The number of hydrogen-bond acceptors (Lipinski definition) is 8. The smallest absolute Gasteiger partial charge is 0.325 e. The maximum absolute atomic E-state index is 11.5. The molecule has 0 aliphatic rings. The first-order valence-electron chi connectivity index (χ1n) is 5.81. The van der Waals surface area contributed by atoms with Gasteiger partial charge in [0.05, 0.1) is 7.11 Å². The van der Waals surface area contributed by atoms with Gasteiger partial charge in [0.2, 0.25) is 5.13 Å². The minimum Gasteiger partial charge on any atom is -0.468 e. The van der Waals surface area contributed by atoms with Gasteiger partial charge in [-0.2, -0.15) is 0 Å². The van der Waals surface area contributed by atoms with E-state index >= 15 is 0 Å². The normalized spacial score (nSPS) is 15.7. The van der Waals surface area contributed by atoms with Gasteiger partial charge in [-0.15, -0.1) is 10.2 Å². The van der Waals surface area contributed by atoms with Crippen LogP contribution in [-0.4, -0.2) is 48.2 Å². The molecule has 0 saturated carbocycles. The number of thioether (sulfide) groups is 1. The van der Waals surface area contributed by atoms with Gasteiger partial charge in [-0.25, -0.2) is 0 Å². The van der Waals surface area contributed by atoms with Crippen molar-refractivity contribution in [3.8, 4) is 0 Å². The van der Waals surface area contributed by atoms with Gasteiger partial charge in [0.1, 0.15) is 5.54 Å². The average Bonchev–Trinajstić information content (AvgIpc) is 2.75. The Morgan fingerprint density at radius 1 is 1.58 bits per heavy atom. The van der Waals surface area contributed by atoms with Crippen molar-refractivity contribution in [3.05, 3.63) is 0 Å². The van der Waals surface area contributed by atoms with Gasteiger partial charge in [-0.1, -0.05) is 30.0 Å². The standard InChI is InChI=1S/C11H20N4O2S2/c1-7(6-11(2,12)8(16)17-5)18-10-14-13-9(19-10)15(3)4/h7H,6,12H2,1-5H3. The molecule has 1 rings (SSSR count). The van der Waals surface area contributed by atoms with Crippen LogP contribution in [0, 0.1) is 0 Å². The monoisotopic (exact) mass is 304 g/mol. The first-order valence-corrected chi connectivity index (χ1v) is 7.50. The Labute approximate surface area is 121 Å². The lowest BCUT2D eigenvalue weighted by Gasteiger charge is -2.24. The number of nitrogens with zero attached hydrogens (tertiary/aromatic N) is 3. The summed E-state index contributed by atoms with van der Waals surface area (Å²) >= 11 is 3.09. The van der Waals surface area contributed by atoms with Crippen LogP contribution >= 0.6 is 23.1 Å². The van der Waals surface area contributed by atoms with Crippen LogP contribution in [0.2, 0.25) is 0 Å². The first kappa shape index (κ1) is 16.2. The fourth-order valence-electron chi connectivity index (χ4n) is 1.56. The highest BCUT2D eigenvalue weighted by Crippen LogP contribution is 2.32. The SMILES string of the molecule is COC(=O)C(C)(N)CC(C)Sc1nnc(N(C)C)s1. The largest absolute Gasteiger partial charge is 0.468 e.